The van der Waals surface area contributed by atoms with Crippen LogP contribution >= 0.6 is 0 Å². The minimum Gasteiger partial charge on any atom is -0.483 e. The molecule has 4 nitrogen and oxygen atoms in total. The van der Waals surface area contributed by atoms with E-state index in [1.807, 2.05) is 25.1 Å². The van der Waals surface area contributed by atoms with Gasteiger partial charge >= 0.3 is 0 Å². The summed E-state index contributed by atoms with van der Waals surface area (Å²) in [5.41, 5.74) is 1.52. The molecule has 2 rings (SSSR count). The number of hydrogen-bond acceptors (Lipinski definition) is 3. The van der Waals surface area contributed by atoms with Crippen LogP contribution in [0.4, 0.5) is 0 Å². The molecule has 0 heterocycles. The number of hydrogen-bond donors (Lipinski definition) is 2. The summed E-state index contributed by atoms with van der Waals surface area (Å²) in [5, 5.41) is 12.7. The zero-order chi connectivity index (χ0) is 15.5. The van der Waals surface area contributed by atoms with Gasteiger partial charge in [-0.05, 0) is 49.3 Å². The molecule has 0 unspecified atom stereocenters. The number of carbonyl (C=O) groups is 1. The van der Waals surface area contributed by atoms with Gasteiger partial charge in [0.15, 0.2) is 6.61 Å². The average Bonchev–Trinajstić information content (AvgIpc) is 2.40. The molecule has 1 fully saturated rings. The molecule has 0 radical (unpaired) electrons. The molecule has 0 spiro atoms. The molecule has 21 heavy (non-hydrogen) atoms. The quantitative estimate of drug-likeness (QED) is 0.846. The Bertz CT molecular complexity index is 507. The van der Waals surface area contributed by atoms with Crippen molar-refractivity contribution in [3.8, 4) is 5.75 Å². The van der Waals surface area contributed by atoms with Crippen molar-refractivity contribution in [2.24, 2.45) is 0 Å². The highest BCUT2D eigenvalue weighted by Crippen LogP contribution is 2.30. The predicted octanol–water partition coefficient (Wildman–Crippen LogP) is 2.53. The number of carbonyl (C=O) groups excluding carboxylic acids is 1. The molecular formula is C17H25NO3. The Kier molecular flexibility index (Phi) is 4.88. The Morgan fingerprint density at radius 2 is 2.14 bits per heavy atom. The van der Waals surface area contributed by atoms with Crippen molar-refractivity contribution in [2.45, 2.75) is 51.6 Å². The maximum atomic E-state index is 11.8. The predicted molar refractivity (Wildman–Crippen MR) is 82.6 cm³/mol. The van der Waals surface area contributed by atoms with Crippen LogP contribution < -0.4 is 10.1 Å². The van der Waals surface area contributed by atoms with Gasteiger partial charge in [-0.2, -0.15) is 0 Å². The van der Waals surface area contributed by atoms with Crippen molar-refractivity contribution in [3.05, 3.63) is 29.3 Å². The average molecular weight is 291 g/mol. The van der Waals surface area contributed by atoms with E-state index in [4.69, 9.17) is 4.74 Å². The van der Waals surface area contributed by atoms with Crippen molar-refractivity contribution >= 4 is 5.91 Å². The molecule has 1 aliphatic rings. The first-order chi connectivity index (χ1) is 9.89. The molecular weight excluding hydrogens is 266 g/mol. The van der Waals surface area contributed by atoms with Crippen LogP contribution in [0.25, 0.3) is 0 Å². The van der Waals surface area contributed by atoms with Crippen molar-refractivity contribution in [1.82, 2.24) is 5.32 Å². The maximum Gasteiger partial charge on any atom is 0.258 e. The summed E-state index contributed by atoms with van der Waals surface area (Å²) in [7, 11) is 0. The lowest BCUT2D eigenvalue weighted by atomic mass is 9.80. The van der Waals surface area contributed by atoms with Crippen LogP contribution in [0.15, 0.2) is 18.2 Å². The molecule has 4 heteroatoms. The lowest BCUT2D eigenvalue weighted by Crippen LogP contribution is -2.48. The molecule has 1 aromatic rings. The van der Waals surface area contributed by atoms with Crippen molar-refractivity contribution in [2.75, 3.05) is 13.2 Å². The number of ether oxygens (including phenoxy) is 1. The summed E-state index contributed by atoms with van der Waals surface area (Å²) in [6.45, 7) is 6.51. The van der Waals surface area contributed by atoms with Gasteiger partial charge in [0.05, 0.1) is 5.60 Å². The van der Waals surface area contributed by atoms with Crippen molar-refractivity contribution in [1.29, 1.82) is 0 Å². The highest BCUT2D eigenvalue weighted by atomic mass is 16.5. The van der Waals surface area contributed by atoms with E-state index in [1.165, 1.54) is 0 Å². The van der Waals surface area contributed by atoms with Gasteiger partial charge in [0.25, 0.3) is 5.91 Å². The molecule has 0 bridgehead atoms. The van der Waals surface area contributed by atoms with Gasteiger partial charge in [0.2, 0.25) is 0 Å². The molecule has 1 saturated carbocycles. The van der Waals surface area contributed by atoms with Gasteiger partial charge in [0, 0.05) is 6.54 Å². The molecule has 0 saturated heterocycles. The third kappa shape index (κ3) is 4.21. The Hall–Kier alpha value is -1.55. The van der Waals surface area contributed by atoms with Crippen LogP contribution in [-0.4, -0.2) is 29.8 Å². The van der Waals surface area contributed by atoms with Crippen molar-refractivity contribution < 1.29 is 14.6 Å². The number of amides is 1. The Balaban J connectivity index is 1.87. The molecule has 1 amide bonds. The Labute approximate surface area is 126 Å². The van der Waals surface area contributed by atoms with Gasteiger partial charge < -0.3 is 15.2 Å². The minimum atomic E-state index is -0.692. The zero-order valence-corrected chi connectivity index (χ0v) is 13.1. The molecule has 0 aliphatic heterocycles. The fourth-order valence-electron chi connectivity index (χ4n) is 2.46. The smallest absolute Gasteiger partial charge is 0.258 e. The second kappa shape index (κ2) is 6.48. The third-order valence-electron chi connectivity index (χ3n) is 4.05. The SMILES string of the molecule is Cc1ccc(C(C)C)c(OCC(=O)NCC2(O)CCC2)c1. The Morgan fingerprint density at radius 1 is 1.43 bits per heavy atom. The summed E-state index contributed by atoms with van der Waals surface area (Å²) in [5.74, 6) is 0.924. The zero-order valence-electron chi connectivity index (χ0n) is 13.1. The lowest BCUT2D eigenvalue weighted by Gasteiger charge is -2.36. The van der Waals surface area contributed by atoms with E-state index in [1.54, 1.807) is 0 Å². The molecule has 1 aliphatic carbocycles. The van der Waals surface area contributed by atoms with Crippen LogP contribution in [0.2, 0.25) is 0 Å². The maximum absolute atomic E-state index is 11.8. The first-order valence-corrected chi connectivity index (χ1v) is 7.62. The number of benzene rings is 1. The van der Waals surface area contributed by atoms with E-state index in [-0.39, 0.29) is 12.5 Å². The lowest BCUT2D eigenvalue weighted by molar-refractivity contribution is -0.125. The van der Waals surface area contributed by atoms with Gasteiger partial charge in [-0.25, -0.2) is 0 Å². The van der Waals surface area contributed by atoms with Crippen molar-refractivity contribution in [3.63, 3.8) is 0 Å². The molecule has 1 aromatic carbocycles. The van der Waals surface area contributed by atoms with Crippen LogP contribution in [-0.2, 0) is 4.79 Å². The minimum absolute atomic E-state index is 0.0146. The second-order valence-electron chi connectivity index (χ2n) is 6.34. The fraction of sp³-hybridized carbons (Fsp3) is 0.588. The summed E-state index contributed by atoms with van der Waals surface area (Å²) in [6, 6.07) is 6.06. The van der Waals surface area contributed by atoms with Crippen LogP contribution in [0.1, 0.15) is 50.2 Å². The monoisotopic (exact) mass is 291 g/mol. The largest absolute Gasteiger partial charge is 0.483 e. The number of aryl methyl sites for hydroxylation is 1. The standard InChI is InChI=1S/C17H25NO3/c1-12(2)14-6-5-13(3)9-15(14)21-10-16(19)18-11-17(20)7-4-8-17/h5-6,9,12,20H,4,7-8,10-11H2,1-3H3,(H,18,19). The Morgan fingerprint density at radius 3 is 2.71 bits per heavy atom. The summed E-state index contributed by atoms with van der Waals surface area (Å²) < 4.78 is 5.66. The molecule has 0 aromatic heterocycles. The molecule has 116 valence electrons. The van der Waals surface area contributed by atoms with E-state index in [9.17, 15) is 9.90 Å². The number of nitrogens with one attached hydrogen (secondary N) is 1. The molecule has 2 N–H and O–H groups in total. The van der Waals surface area contributed by atoms with E-state index in [0.29, 0.717) is 12.5 Å². The second-order valence-corrected chi connectivity index (χ2v) is 6.34. The van der Waals surface area contributed by atoms with Crippen LogP contribution in [0.5, 0.6) is 5.75 Å². The van der Waals surface area contributed by atoms with E-state index in [0.717, 1.165) is 36.1 Å². The highest BCUT2D eigenvalue weighted by Gasteiger charge is 2.34. The summed E-state index contributed by atoms with van der Waals surface area (Å²) >= 11 is 0. The third-order valence-corrected chi connectivity index (χ3v) is 4.05. The van der Waals surface area contributed by atoms with Gasteiger partial charge in [0.1, 0.15) is 5.75 Å². The molecule has 0 atom stereocenters. The van der Waals surface area contributed by atoms with E-state index >= 15 is 0 Å². The van der Waals surface area contributed by atoms with Crippen LogP contribution in [0, 0.1) is 6.92 Å². The normalized spacial score (nSPS) is 16.4. The first-order valence-electron chi connectivity index (χ1n) is 7.62. The van der Waals surface area contributed by atoms with Gasteiger partial charge in [-0.1, -0.05) is 26.0 Å². The van der Waals surface area contributed by atoms with E-state index in [2.05, 4.69) is 19.2 Å². The van der Waals surface area contributed by atoms with Gasteiger partial charge in [-0.15, -0.1) is 0 Å². The highest BCUT2D eigenvalue weighted by molar-refractivity contribution is 5.77. The first kappa shape index (κ1) is 15.8. The van der Waals surface area contributed by atoms with E-state index < -0.39 is 5.60 Å². The van der Waals surface area contributed by atoms with Crippen LogP contribution in [0.3, 0.4) is 0 Å². The van der Waals surface area contributed by atoms with Gasteiger partial charge in [-0.3, -0.25) is 4.79 Å². The topological polar surface area (TPSA) is 58.6 Å². The number of aliphatic hydroxyl groups is 1. The fourth-order valence-corrected chi connectivity index (χ4v) is 2.46. The summed E-state index contributed by atoms with van der Waals surface area (Å²) in [4.78, 5) is 11.8. The number of rotatable bonds is 6. The summed E-state index contributed by atoms with van der Waals surface area (Å²) in [6.07, 6.45) is 2.57.